The Morgan fingerprint density at radius 1 is 0.290 bits per heavy atom. The molecule has 0 aliphatic rings. The van der Waals surface area contributed by atoms with Gasteiger partial charge in [0.2, 0.25) is 0 Å². The first-order chi connectivity index (χ1) is 48.4. The first-order valence-electron chi connectivity index (χ1n) is 42.0. The number of rotatable bonds is 80. The van der Waals surface area contributed by atoms with Gasteiger partial charge in [0.15, 0.2) is 12.2 Å². The number of hydrogen-bond acceptors (Lipinski definition) is 15. The minimum absolute atomic E-state index is 0.108. The molecule has 100 heavy (non-hydrogen) atoms. The molecule has 0 bridgehead atoms. The molecule has 0 aromatic heterocycles. The number of unbranched alkanes of at least 4 members (excludes halogenated alkanes) is 49. The van der Waals surface area contributed by atoms with Crippen LogP contribution in [0.3, 0.4) is 0 Å². The normalized spacial score (nSPS) is 14.2. The Bertz CT molecular complexity index is 1930. The molecule has 0 saturated carbocycles. The molecule has 0 aromatic carbocycles. The highest BCUT2D eigenvalue weighted by Crippen LogP contribution is 2.45. The van der Waals surface area contributed by atoms with Gasteiger partial charge in [-0.05, 0) is 37.5 Å². The second-order valence-electron chi connectivity index (χ2n) is 29.9. The summed E-state index contributed by atoms with van der Waals surface area (Å²) in [7, 11) is -9.92. The Kier molecular flexibility index (Phi) is 71.2. The first-order valence-corrected chi connectivity index (χ1v) is 45.0. The molecule has 0 heterocycles. The van der Waals surface area contributed by atoms with E-state index in [2.05, 4.69) is 41.5 Å². The van der Waals surface area contributed by atoms with Crippen LogP contribution in [-0.2, 0) is 65.4 Å². The van der Waals surface area contributed by atoms with Crippen molar-refractivity contribution in [3.8, 4) is 0 Å². The predicted octanol–water partition coefficient (Wildman–Crippen LogP) is 24.3. The van der Waals surface area contributed by atoms with Crippen LogP contribution in [0.5, 0.6) is 0 Å². The fraction of sp³-hybridized carbons (Fsp3) is 0.951. The number of esters is 4. The topological polar surface area (TPSA) is 237 Å². The van der Waals surface area contributed by atoms with Crippen LogP contribution in [-0.4, -0.2) is 96.7 Å². The number of hydrogen-bond donors (Lipinski definition) is 3. The Balaban J connectivity index is 5.23. The van der Waals surface area contributed by atoms with E-state index in [4.69, 9.17) is 37.0 Å². The number of aliphatic hydroxyl groups excluding tert-OH is 1. The Morgan fingerprint density at radius 3 is 0.760 bits per heavy atom. The third-order valence-corrected chi connectivity index (χ3v) is 21.2. The average Bonchev–Trinajstić information content (AvgIpc) is 0.937. The predicted molar refractivity (Wildman–Crippen MR) is 409 cm³/mol. The SMILES string of the molecule is CCCCCCCCCCCCCCCCCCC(=O)O[C@H](COC(=O)CCCCCCCCCCC)COP(=O)(O)OC[C@H](O)COP(=O)(O)OC[C@@H](COC(=O)CCCCCCCCCCCCCCCCC(C)C)OC(=O)CCCCCCCCCCCCCCCCC(C)CC. The van der Waals surface area contributed by atoms with E-state index in [0.29, 0.717) is 25.7 Å². The molecule has 0 aliphatic carbocycles. The van der Waals surface area contributed by atoms with Gasteiger partial charge in [-0.25, -0.2) is 9.13 Å². The van der Waals surface area contributed by atoms with Crippen molar-refractivity contribution in [3.05, 3.63) is 0 Å². The van der Waals surface area contributed by atoms with Crippen molar-refractivity contribution in [2.45, 2.75) is 445 Å². The van der Waals surface area contributed by atoms with Crippen molar-refractivity contribution in [1.29, 1.82) is 0 Å². The first kappa shape index (κ1) is 98.1. The van der Waals surface area contributed by atoms with E-state index in [0.717, 1.165) is 102 Å². The van der Waals surface area contributed by atoms with Crippen molar-refractivity contribution in [1.82, 2.24) is 0 Å². The number of ether oxygens (including phenoxy) is 4. The van der Waals surface area contributed by atoms with E-state index >= 15 is 0 Å². The van der Waals surface area contributed by atoms with Gasteiger partial charge in [-0.15, -0.1) is 0 Å². The molecule has 17 nitrogen and oxygen atoms in total. The van der Waals surface area contributed by atoms with Crippen molar-refractivity contribution < 1.29 is 80.2 Å². The summed E-state index contributed by atoms with van der Waals surface area (Å²) in [6.07, 6.45) is 62.3. The lowest BCUT2D eigenvalue weighted by Gasteiger charge is -2.21. The molecule has 0 saturated heterocycles. The molecule has 0 aromatic rings. The van der Waals surface area contributed by atoms with Crippen LogP contribution in [0.4, 0.5) is 0 Å². The summed E-state index contributed by atoms with van der Waals surface area (Å²) < 4.78 is 68.7. The van der Waals surface area contributed by atoms with Crippen LogP contribution in [0.2, 0.25) is 0 Å². The van der Waals surface area contributed by atoms with Crippen LogP contribution in [0.1, 0.15) is 427 Å². The lowest BCUT2D eigenvalue weighted by molar-refractivity contribution is -0.161. The summed E-state index contributed by atoms with van der Waals surface area (Å²) in [5, 5.41) is 10.6. The van der Waals surface area contributed by atoms with E-state index in [1.807, 2.05) is 0 Å². The van der Waals surface area contributed by atoms with Crippen LogP contribution in [0.25, 0.3) is 0 Å². The Hall–Kier alpha value is -1.94. The highest BCUT2D eigenvalue weighted by molar-refractivity contribution is 7.47. The molecular weight excluding hydrogens is 1310 g/mol. The van der Waals surface area contributed by atoms with Gasteiger partial charge in [0.05, 0.1) is 26.4 Å². The molecule has 0 rings (SSSR count). The molecule has 3 unspecified atom stereocenters. The van der Waals surface area contributed by atoms with Crippen molar-refractivity contribution in [2.24, 2.45) is 11.8 Å². The molecule has 19 heteroatoms. The summed E-state index contributed by atoms with van der Waals surface area (Å²) >= 11 is 0. The minimum atomic E-state index is -4.96. The summed E-state index contributed by atoms with van der Waals surface area (Å²) in [5.41, 5.74) is 0. The summed E-state index contributed by atoms with van der Waals surface area (Å²) in [5.74, 6) is -0.463. The van der Waals surface area contributed by atoms with Crippen LogP contribution >= 0.6 is 15.6 Å². The molecule has 594 valence electrons. The minimum Gasteiger partial charge on any atom is -0.462 e. The standard InChI is InChI=1S/C81H158O17P2/c1-7-10-12-14-16-18-19-20-21-22-30-35-41-47-53-59-65-80(85)97-76(69-91-78(83)63-57-51-45-37-17-15-13-11-8-2)71-95-99(87,88)93-67-75(82)68-94-100(89,90)96-72-77(70-92-79(84)64-58-52-46-40-34-29-25-23-27-32-38-43-49-55-61-73(4)5)98-81(86)66-60-54-48-42-36-31-26-24-28-33-39-44-50-56-62-74(6)9-3/h73-77,82H,7-72H2,1-6H3,(H,87,88)(H,89,90)/t74?,75-,76+,77+/m0/s1. The van der Waals surface area contributed by atoms with Gasteiger partial charge < -0.3 is 33.8 Å². The fourth-order valence-corrected chi connectivity index (χ4v) is 14.1. The summed E-state index contributed by atoms with van der Waals surface area (Å²) in [6.45, 7) is 9.70. The van der Waals surface area contributed by atoms with E-state index in [1.165, 1.54) is 244 Å². The molecule has 0 aliphatic heterocycles. The maximum atomic E-state index is 13.1. The quantitative estimate of drug-likeness (QED) is 0.0222. The van der Waals surface area contributed by atoms with E-state index in [9.17, 15) is 43.2 Å². The average molecular weight is 1470 g/mol. The summed E-state index contributed by atoms with van der Waals surface area (Å²) in [6, 6.07) is 0. The number of carbonyl (C=O) groups excluding carboxylic acids is 4. The summed E-state index contributed by atoms with van der Waals surface area (Å²) in [4.78, 5) is 73.0. The highest BCUT2D eigenvalue weighted by atomic mass is 31.2. The lowest BCUT2D eigenvalue weighted by Crippen LogP contribution is -2.30. The van der Waals surface area contributed by atoms with Crippen molar-refractivity contribution in [2.75, 3.05) is 39.6 Å². The monoisotopic (exact) mass is 1470 g/mol. The molecular formula is C81H158O17P2. The zero-order valence-corrected chi connectivity index (χ0v) is 67.3. The van der Waals surface area contributed by atoms with Gasteiger partial charge in [-0.1, -0.05) is 375 Å². The van der Waals surface area contributed by atoms with Crippen LogP contribution in [0.15, 0.2) is 0 Å². The maximum Gasteiger partial charge on any atom is 0.472 e. The zero-order valence-electron chi connectivity index (χ0n) is 65.5. The largest absolute Gasteiger partial charge is 0.472 e. The smallest absolute Gasteiger partial charge is 0.462 e. The van der Waals surface area contributed by atoms with Gasteiger partial charge in [-0.2, -0.15) is 0 Å². The molecule has 0 radical (unpaired) electrons. The van der Waals surface area contributed by atoms with Crippen molar-refractivity contribution >= 4 is 39.5 Å². The number of carbonyl (C=O) groups is 4. The van der Waals surface area contributed by atoms with E-state index in [1.54, 1.807) is 0 Å². The third kappa shape index (κ3) is 73.0. The second kappa shape index (κ2) is 72.6. The molecule has 0 fully saturated rings. The van der Waals surface area contributed by atoms with Crippen molar-refractivity contribution in [3.63, 3.8) is 0 Å². The van der Waals surface area contributed by atoms with E-state index < -0.39 is 97.5 Å². The van der Waals surface area contributed by atoms with Crippen LogP contribution in [0, 0.1) is 11.8 Å². The second-order valence-corrected chi connectivity index (χ2v) is 32.8. The van der Waals surface area contributed by atoms with Gasteiger partial charge in [0.1, 0.15) is 19.3 Å². The number of phosphoric acid groups is 2. The molecule has 0 amide bonds. The zero-order chi connectivity index (χ0) is 73.5. The fourth-order valence-electron chi connectivity index (χ4n) is 12.5. The molecule has 0 spiro atoms. The molecule has 3 N–H and O–H groups in total. The highest BCUT2D eigenvalue weighted by Gasteiger charge is 2.30. The Morgan fingerprint density at radius 2 is 0.510 bits per heavy atom. The lowest BCUT2D eigenvalue weighted by atomic mass is 9.99. The third-order valence-electron chi connectivity index (χ3n) is 19.3. The number of phosphoric ester groups is 2. The van der Waals surface area contributed by atoms with Gasteiger partial charge >= 0.3 is 39.5 Å². The van der Waals surface area contributed by atoms with Gasteiger partial charge in [-0.3, -0.25) is 37.3 Å². The van der Waals surface area contributed by atoms with Gasteiger partial charge in [0.25, 0.3) is 0 Å². The number of aliphatic hydroxyl groups is 1. The van der Waals surface area contributed by atoms with Crippen LogP contribution < -0.4 is 0 Å². The Labute approximate surface area is 613 Å². The molecule has 6 atom stereocenters. The maximum absolute atomic E-state index is 13.1. The van der Waals surface area contributed by atoms with E-state index in [-0.39, 0.29) is 25.7 Å². The van der Waals surface area contributed by atoms with Gasteiger partial charge in [0, 0.05) is 25.7 Å².